The van der Waals surface area contributed by atoms with E-state index in [0.29, 0.717) is 25.8 Å². The van der Waals surface area contributed by atoms with Crippen molar-refractivity contribution in [3.63, 3.8) is 0 Å². The maximum atomic E-state index is 13.2. The third-order valence-electron chi connectivity index (χ3n) is 5.04. The van der Waals surface area contributed by atoms with E-state index in [-0.39, 0.29) is 17.9 Å². The molecule has 1 unspecified atom stereocenters. The van der Waals surface area contributed by atoms with Crippen LogP contribution in [0.15, 0.2) is 48.5 Å². The van der Waals surface area contributed by atoms with Crippen molar-refractivity contribution in [1.29, 1.82) is 0 Å². The Morgan fingerprint density at radius 1 is 0.897 bits per heavy atom. The van der Waals surface area contributed by atoms with Crippen LogP contribution in [0.5, 0.6) is 0 Å². The molecule has 0 aliphatic heterocycles. The van der Waals surface area contributed by atoms with Gasteiger partial charge in [-0.2, -0.15) is 0 Å². The SMILES string of the molecule is CCC(C(=O)NC(C)C)N(Cc1ccc(C)cc1)C(=O)CCc1ccc(C)cc1. The van der Waals surface area contributed by atoms with Gasteiger partial charge < -0.3 is 10.2 Å². The molecule has 2 rings (SSSR count). The lowest BCUT2D eigenvalue weighted by molar-refractivity contribution is -0.141. The predicted molar refractivity (Wildman–Crippen MR) is 119 cm³/mol. The fourth-order valence-electron chi connectivity index (χ4n) is 3.34. The number of benzene rings is 2. The Morgan fingerprint density at radius 3 is 1.90 bits per heavy atom. The summed E-state index contributed by atoms with van der Waals surface area (Å²) in [4.78, 5) is 27.7. The van der Waals surface area contributed by atoms with Gasteiger partial charge in [0.2, 0.25) is 11.8 Å². The van der Waals surface area contributed by atoms with E-state index < -0.39 is 6.04 Å². The highest BCUT2D eigenvalue weighted by Gasteiger charge is 2.28. The van der Waals surface area contributed by atoms with Crippen molar-refractivity contribution < 1.29 is 9.59 Å². The van der Waals surface area contributed by atoms with Crippen molar-refractivity contribution >= 4 is 11.8 Å². The topological polar surface area (TPSA) is 49.4 Å². The molecular weight excluding hydrogens is 360 g/mol. The molecule has 0 spiro atoms. The van der Waals surface area contributed by atoms with Gasteiger partial charge in [-0.3, -0.25) is 9.59 Å². The molecule has 4 heteroatoms. The van der Waals surface area contributed by atoms with Gasteiger partial charge in [-0.25, -0.2) is 0 Å². The van der Waals surface area contributed by atoms with Gasteiger partial charge in [0.15, 0.2) is 0 Å². The van der Waals surface area contributed by atoms with E-state index in [1.165, 1.54) is 11.1 Å². The second kappa shape index (κ2) is 10.8. The molecule has 0 saturated carbocycles. The smallest absolute Gasteiger partial charge is 0.243 e. The highest BCUT2D eigenvalue weighted by Crippen LogP contribution is 2.16. The summed E-state index contributed by atoms with van der Waals surface area (Å²) in [6, 6.07) is 16.0. The number of rotatable bonds is 9. The maximum absolute atomic E-state index is 13.2. The monoisotopic (exact) mass is 394 g/mol. The summed E-state index contributed by atoms with van der Waals surface area (Å²) in [6.45, 7) is 10.4. The van der Waals surface area contributed by atoms with Crippen molar-refractivity contribution in [1.82, 2.24) is 10.2 Å². The van der Waals surface area contributed by atoms with Gasteiger partial charge in [-0.05, 0) is 51.7 Å². The summed E-state index contributed by atoms with van der Waals surface area (Å²) in [5, 5.41) is 2.97. The van der Waals surface area contributed by atoms with Gasteiger partial charge >= 0.3 is 0 Å². The van der Waals surface area contributed by atoms with Crippen LogP contribution in [0.25, 0.3) is 0 Å². The van der Waals surface area contributed by atoms with E-state index in [4.69, 9.17) is 0 Å². The minimum atomic E-state index is -0.468. The summed E-state index contributed by atoms with van der Waals surface area (Å²) in [7, 11) is 0. The molecule has 0 fully saturated rings. The molecule has 0 aromatic heterocycles. The zero-order valence-electron chi connectivity index (χ0n) is 18.4. The number of amides is 2. The van der Waals surface area contributed by atoms with Gasteiger partial charge in [0.1, 0.15) is 6.04 Å². The first-order valence-electron chi connectivity index (χ1n) is 10.5. The fraction of sp³-hybridized carbons (Fsp3) is 0.440. The van der Waals surface area contributed by atoms with Gasteiger partial charge in [0, 0.05) is 19.0 Å². The van der Waals surface area contributed by atoms with Crippen LogP contribution in [0.3, 0.4) is 0 Å². The van der Waals surface area contributed by atoms with Crippen LogP contribution in [0.2, 0.25) is 0 Å². The van der Waals surface area contributed by atoms with Crippen LogP contribution in [-0.4, -0.2) is 28.8 Å². The van der Waals surface area contributed by atoms with Crippen molar-refractivity contribution in [3.8, 4) is 0 Å². The van der Waals surface area contributed by atoms with Crippen LogP contribution in [-0.2, 0) is 22.6 Å². The Labute approximate surface area is 175 Å². The van der Waals surface area contributed by atoms with Crippen LogP contribution in [0.4, 0.5) is 0 Å². The Balaban J connectivity index is 2.18. The minimum absolute atomic E-state index is 0.0110. The first-order chi connectivity index (χ1) is 13.8. The third kappa shape index (κ3) is 7.04. The highest BCUT2D eigenvalue weighted by molar-refractivity contribution is 5.87. The van der Waals surface area contributed by atoms with E-state index >= 15 is 0 Å². The first kappa shape index (κ1) is 22.7. The number of carbonyl (C=O) groups excluding carboxylic acids is 2. The summed E-state index contributed by atoms with van der Waals surface area (Å²) in [5.41, 5.74) is 4.56. The third-order valence-corrected chi connectivity index (χ3v) is 5.04. The largest absolute Gasteiger partial charge is 0.352 e. The van der Waals surface area contributed by atoms with Crippen LogP contribution in [0, 0.1) is 13.8 Å². The van der Waals surface area contributed by atoms with Crippen LogP contribution in [0.1, 0.15) is 55.9 Å². The molecule has 0 heterocycles. The Hall–Kier alpha value is -2.62. The van der Waals surface area contributed by atoms with Gasteiger partial charge in [0.25, 0.3) is 0 Å². The highest BCUT2D eigenvalue weighted by atomic mass is 16.2. The minimum Gasteiger partial charge on any atom is -0.352 e. The van der Waals surface area contributed by atoms with E-state index in [0.717, 1.165) is 11.1 Å². The summed E-state index contributed by atoms with van der Waals surface area (Å²) < 4.78 is 0. The molecule has 0 bridgehead atoms. The van der Waals surface area contributed by atoms with Crippen LogP contribution >= 0.6 is 0 Å². The lowest BCUT2D eigenvalue weighted by Crippen LogP contribution is -2.50. The Morgan fingerprint density at radius 2 is 1.41 bits per heavy atom. The van der Waals surface area contributed by atoms with Crippen molar-refractivity contribution in [3.05, 3.63) is 70.8 Å². The van der Waals surface area contributed by atoms with Crippen LogP contribution < -0.4 is 5.32 Å². The lowest BCUT2D eigenvalue weighted by Gasteiger charge is -2.31. The van der Waals surface area contributed by atoms with E-state index in [2.05, 4.69) is 36.5 Å². The van der Waals surface area contributed by atoms with Crippen molar-refractivity contribution in [2.24, 2.45) is 0 Å². The summed E-state index contributed by atoms with van der Waals surface area (Å²) in [5.74, 6) is -0.0739. The number of carbonyl (C=O) groups is 2. The number of hydrogen-bond donors (Lipinski definition) is 1. The quantitative estimate of drug-likeness (QED) is 0.677. The average molecular weight is 395 g/mol. The number of hydrogen-bond acceptors (Lipinski definition) is 2. The number of aryl methyl sites for hydroxylation is 3. The maximum Gasteiger partial charge on any atom is 0.243 e. The second-order valence-corrected chi connectivity index (χ2v) is 8.08. The molecule has 0 aliphatic carbocycles. The lowest BCUT2D eigenvalue weighted by atomic mass is 10.0. The standard InChI is InChI=1S/C25H34N2O2/c1-6-23(25(29)26-18(2)3)27(17-22-13-9-20(5)10-14-22)24(28)16-15-21-11-7-19(4)8-12-21/h7-14,18,23H,6,15-17H2,1-5H3,(H,26,29). The fourth-order valence-corrected chi connectivity index (χ4v) is 3.34. The average Bonchev–Trinajstić information content (AvgIpc) is 2.68. The number of nitrogens with zero attached hydrogens (tertiary/aromatic N) is 1. The molecule has 2 aromatic carbocycles. The second-order valence-electron chi connectivity index (χ2n) is 8.08. The molecule has 1 atom stereocenters. The van der Waals surface area contributed by atoms with Gasteiger partial charge in [-0.1, -0.05) is 66.6 Å². The Kier molecular flexibility index (Phi) is 8.44. The molecule has 0 radical (unpaired) electrons. The molecular formula is C25H34N2O2. The molecule has 0 saturated heterocycles. The predicted octanol–water partition coefficient (Wildman–Crippen LogP) is 4.57. The van der Waals surface area contributed by atoms with E-state index in [1.807, 2.05) is 52.0 Å². The van der Waals surface area contributed by atoms with E-state index in [1.54, 1.807) is 4.90 Å². The normalized spacial score (nSPS) is 11.9. The van der Waals surface area contributed by atoms with Crippen molar-refractivity contribution in [2.45, 2.75) is 72.5 Å². The molecule has 2 amide bonds. The van der Waals surface area contributed by atoms with Gasteiger partial charge in [-0.15, -0.1) is 0 Å². The molecule has 29 heavy (non-hydrogen) atoms. The van der Waals surface area contributed by atoms with Crippen molar-refractivity contribution in [2.75, 3.05) is 0 Å². The molecule has 2 aromatic rings. The Bertz CT molecular complexity index is 795. The first-order valence-corrected chi connectivity index (χ1v) is 10.5. The molecule has 1 N–H and O–H groups in total. The molecule has 0 aliphatic rings. The number of nitrogens with one attached hydrogen (secondary N) is 1. The molecule has 4 nitrogen and oxygen atoms in total. The van der Waals surface area contributed by atoms with E-state index in [9.17, 15) is 9.59 Å². The zero-order valence-corrected chi connectivity index (χ0v) is 18.4. The van der Waals surface area contributed by atoms with Gasteiger partial charge in [0.05, 0.1) is 0 Å². The summed E-state index contributed by atoms with van der Waals surface area (Å²) >= 11 is 0. The summed E-state index contributed by atoms with van der Waals surface area (Å²) in [6.07, 6.45) is 1.65. The zero-order chi connectivity index (χ0) is 21.4. The molecule has 156 valence electrons.